The molecule has 0 aliphatic rings. The van der Waals surface area contributed by atoms with Crippen molar-refractivity contribution in [2.24, 2.45) is 0 Å². The van der Waals surface area contributed by atoms with Crippen LogP contribution in [0, 0.1) is 0 Å². The monoisotopic (exact) mass is 271 g/mol. The first-order valence-electron chi connectivity index (χ1n) is 5.95. The second-order valence-corrected chi connectivity index (χ2v) is 6.47. The molecule has 0 aliphatic heterocycles. The van der Waals surface area contributed by atoms with Gasteiger partial charge in [0.1, 0.15) is 0 Å². The molecule has 0 heterocycles. The standard InChI is InChI=1S/C12H21N3O2S/c1-4-5-8-14-12-7-6-10(9-11(12)13)18(16,17)15(2)3/h6-7,9,14H,4-5,8,13H2,1-3H3. The van der Waals surface area contributed by atoms with Crippen molar-refractivity contribution in [3.05, 3.63) is 18.2 Å². The SMILES string of the molecule is CCCCNc1ccc(S(=O)(=O)N(C)C)cc1N. The lowest BCUT2D eigenvalue weighted by molar-refractivity contribution is 0.521. The molecule has 0 bridgehead atoms. The third kappa shape index (κ3) is 3.36. The van der Waals surface area contributed by atoms with Crippen LogP contribution in [0.2, 0.25) is 0 Å². The Bertz CT molecular complexity index is 498. The molecular weight excluding hydrogens is 250 g/mol. The van der Waals surface area contributed by atoms with Gasteiger partial charge in [-0.15, -0.1) is 0 Å². The van der Waals surface area contributed by atoms with Crippen molar-refractivity contribution in [3.63, 3.8) is 0 Å². The Hall–Kier alpha value is -1.27. The molecule has 0 spiro atoms. The highest BCUT2D eigenvalue weighted by molar-refractivity contribution is 7.89. The molecule has 0 atom stereocenters. The minimum absolute atomic E-state index is 0.214. The Kier molecular flexibility index (Phi) is 4.98. The van der Waals surface area contributed by atoms with Crippen LogP contribution < -0.4 is 11.1 Å². The van der Waals surface area contributed by atoms with Gasteiger partial charge in [-0.2, -0.15) is 0 Å². The van der Waals surface area contributed by atoms with Gasteiger partial charge in [-0.25, -0.2) is 12.7 Å². The fourth-order valence-corrected chi connectivity index (χ4v) is 2.41. The van der Waals surface area contributed by atoms with Crippen molar-refractivity contribution >= 4 is 21.4 Å². The van der Waals surface area contributed by atoms with Gasteiger partial charge in [0.05, 0.1) is 16.3 Å². The lowest BCUT2D eigenvalue weighted by Crippen LogP contribution is -2.22. The van der Waals surface area contributed by atoms with Crippen LogP contribution in [0.25, 0.3) is 0 Å². The smallest absolute Gasteiger partial charge is 0.242 e. The fourth-order valence-electron chi connectivity index (χ4n) is 1.47. The topological polar surface area (TPSA) is 75.4 Å². The molecule has 0 saturated carbocycles. The van der Waals surface area contributed by atoms with Crippen molar-refractivity contribution in [2.45, 2.75) is 24.7 Å². The van der Waals surface area contributed by atoms with Crippen molar-refractivity contribution in [2.75, 3.05) is 31.7 Å². The van der Waals surface area contributed by atoms with Crippen LogP contribution in [0.15, 0.2) is 23.1 Å². The number of sulfonamides is 1. The minimum Gasteiger partial charge on any atom is -0.397 e. The van der Waals surface area contributed by atoms with Crippen LogP contribution in [0.1, 0.15) is 19.8 Å². The van der Waals surface area contributed by atoms with Crippen LogP contribution in [0.3, 0.4) is 0 Å². The maximum Gasteiger partial charge on any atom is 0.242 e. The minimum atomic E-state index is -3.42. The molecular formula is C12H21N3O2S. The Morgan fingerprint density at radius 1 is 1.33 bits per heavy atom. The summed E-state index contributed by atoms with van der Waals surface area (Å²) in [6, 6.07) is 4.77. The first-order chi connectivity index (χ1) is 8.39. The molecule has 102 valence electrons. The number of nitrogens with one attached hydrogen (secondary N) is 1. The lowest BCUT2D eigenvalue weighted by Gasteiger charge is -2.14. The average Bonchev–Trinajstić information content (AvgIpc) is 2.31. The number of benzene rings is 1. The van der Waals surface area contributed by atoms with Crippen molar-refractivity contribution in [3.8, 4) is 0 Å². The van der Waals surface area contributed by atoms with Gasteiger partial charge >= 0.3 is 0 Å². The average molecular weight is 271 g/mol. The predicted octanol–water partition coefficient (Wildman–Crippen LogP) is 1.73. The highest BCUT2D eigenvalue weighted by atomic mass is 32.2. The summed E-state index contributed by atoms with van der Waals surface area (Å²) in [6.07, 6.45) is 2.15. The van der Waals surface area contributed by atoms with Crippen LogP contribution in [0.5, 0.6) is 0 Å². The molecule has 1 aromatic carbocycles. The maximum atomic E-state index is 11.9. The molecule has 18 heavy (non-hydrogen) atoms. The fraction of sp³-hybridized carbons (Fsp3) is 0.500. The molecule has 1 rings (SSSR count). The number of nitrogen functional groups attached to an aromatic ring is 1. The first kappa shape index (κ1) is 14.8. The summed E-state index contributed by atoms with van der Waals surface area (Å²) in [4.78, 5) is 0.214. The van der Waals surface area contributed by atoms with Crippen molar-refractivity contribution in [1.29, 1.82) is 0 Å². The number of nitrogens with two attached hydrogens (primary N) is 1. The molecule has 6 heteroatoms. The van der Waals surface area contributed by atoms with E-state index in [1.165, 1.54) is 24.5 Å². The quantitative estimate of drug-likeness (QED) is 0.610. The zero-order valence-corrected chi connectivity index (χ0v) is 11.9. The van der Waals surface area contributed by atoms with E-state index in [1.807, 2.05) is 0 Å². The molecule has 3 N–H and O–H groups in total. The highest BCUT2D eigenvalue weighted by Gasteiger charge is 2.17. The summed E-state index contributed by atoms with van der Waals surface area (Å²) in [5.74, 6) is 0. The summed E-state index contributed by atoms with van der Waals surface area (Å²) >= 11 is 0. The number of hydrogen-bond donors (Lipinski definition) is 2. The van der Waals surface area contributed by atoms with Gasteiger partial charge in [0.25, 0.3) is 0 Å². The van der Waals surface area contributed by atoms with E-state index >= 15 is 0 Å². The van der Waals surface area contributed by atoms with E-state index in [0.29, 0.717) is 5.69 Å². The highest BCUT2D eigenvalue weighted by Crippen LogP contribution is 2.23. The summed E-state index contributed by atoms with van der Waals surface area (Å²) < 4.78 is 25.0. The van der Waals surface area contributed by atoms with Crippen LogP contribution in [0.4, 0.5) is 11.4 Å². The molecule has 0 fully saturated rings. The van der Waals surface area contributed by atoms with Crippen LogP contribution >= 0.6 is 0 Å². The maximum absolute atomic E-state index is 11.9. The molecule has 0 unspecified atom stereocenters. The van der Waals surface area contributed by atoms with Gasteiger partial charge in [-0.05, 0) is 24.6 Å². The zero-order valence-electron chi connectivity index (χ0n) is 11.1. The Balaban J connectivity index is 2.93. The molecule has 0 aromatic heterocycles. The normalized spacial score (nSPS) is 11.8. The second kappa shape index (κ2) is 6.06. The predicted molar refractivity (Wildman–Crippen MR) is 75.1 cm³/mol. The lowest BCUT2D eigenvalue weighted by atomic mass is 10.2. The Morgan fingerprint density at radius 2 is 2.00 bits per heavy atom. The van der Waals surface area contributed by atoms with Gasteiger partial charge in [-0.3, -0.25) is 0 Å². The van der Waals surface area contributed by atoms with E-state index < -0.39 is 10.0 Å². The van der Waals surface area contributed by atoms with Crippen LogP contribution in [-0.2, 0) is 10.0 Å². The third-order valence-corrected chi connectivity index (χ3v) is 4.46. The van der Waals surface area contributed by atoms with Gasteiger partial charge in [0.2, 0.25) is 10.0 Å². The molecule has 0 amide bonds. The first-order valence-corrected chi connectivity index (χ1v) is 7.39. The largest absolute Gasteiger partial charge is 0.397 e. The number of nitrogens with zero attached hydrogens (tertiary/aromatic N) is 1. The molecule has 0 aliphatic carbocycles. The molecule has 1 aromatic rings. The van der Waals surface area contributed by atoms with E-state index in [9.17, 15) is 8.42 Å². The summed E-state index contributed by atoms with van der Waals surface area (Å²) in [5.41, 5.74) is 7.09. The van der Waals surface area contributed by atoms with E-state index in [4.69, 9.17) is 5.73 Å². The Labute approximate surface area is 109 Å². The van der Waals surface area contributed by atoms with Gasteiger partial charge in [0.15, 0.2) is 0 Å². The third-order valence-electron chi connectivity index (χ3n) is 2.65. The van der Waals surface area contributed by atoms with Crippen molar-refractivity contribution < 1.29 is 8.42 Å². The van der Waals surface area contributed by atoms with E-state index in [-0.39, 0.29) is 4.90 Å². The molecule has 5 nitrogen and oxygen atoms in total. The van der Waals surface area contributed by atoms with Gasteiger partial charge in [-0.1, -0.05) is 13.3 Å². The summed E-state index contributed by atoms with van der Waals surface area (Å²) in [6.45, 7) is 2.94. The number of hydrogen-bond acceptors (Lipinski definition) is 4. The Morgan fingerprint density at radius 3 is 2.50 bits per heavy atom. The number of rotatable bonds is 6. The zero-order chi connectivity index (χ0) is 13.8. The van der Waals surface area contributed by atoms with Crippen molar-refractivity contribution in [1.82, 2.24) is 4.31 Å². The molecule has 0 saturated heterocycles. The van der Waals surface area contributed by atoms with Gasteiger partial charge in [0, 0.05) is 20.6 Å². The number of unbranched alkanes of at least 4 members (excludes halogenated alkanes) is 1. The number of anilines is 2. The second-order valence-electron chi connectivity index (χ2n) is 4.32. The molecule has 0 radical (unpaired) electrons. The van der Waals surface area contributed by atoms with E-state index in [0.717, 1.165) is 25.1 Å². The summed E-state index contributed by atoms with van der Waals surface area (Å²) in [7, 11) is -0.418. The van der Waals surface area contributed by atoms with E-state index in [2.05, 4.69) is 12.2 Å². The van der Waals surface area contributed by atoms with Gasteiger partial charge < -0.3 is 11.1 Å². The van der Waals surface area contributed by atoms with E-state index in [1.54, 1.807) is 12.1 Å². The van der Waals surface area contributed by atoms with Crippen LogP contribution in [-0.4, -0.2) is 33.4 Å². The summed E-state index contributed by atoms with van der Waals surface area (Å²) in [5, 5.41) is 3.19.